The molecule has 0 aliphatic heterocycles. The summed E-state index contributed by atoms with van der Waals surface area (Å²) in [6, 6.07) is 10.6. The summed E-state index contributed by atoms with van der Waals surface area (Å²) < 4.78 is 31.1. The van der Waals surface area contributed by atoms with Gasteiger partial charge in [-0.25, -0.2) is 18.5 Å². The number of primary sulfonamides is 1. The van der Waals surface area contributed by atoms with Crippen LogP contribution in [0.1, 0.15) is 29.8 Å². The molecule has 0 atom stereocenters. The number of nitrogens with one attached hydrogen (secondary N) is 1. The zero-order chi connectivity index (χ0) is 25.6. The van der Waals surface area contributed by atoms with Gasteiger partial charge in [0.2, 0.25) is 16.0 Å². The Morgan fingerprint density at radius 3 is 2.64 bits per heavy atom. The van der Waals surface area contributed by atoms with Gasteiger partial charge in [0.15, 0.2) is 0 Å². The van der Waals surface area contributed by atoms with Crippen LogP contribution in [0.3, 0.4) is 0 Å². The first-order chi connectivity index (χ1) is 17.2. The fourth-order valence-corrected chi connectivity index (χ4v) is 5.18. The van der Waals surface area contributed by atoms with Gasteiger partial charge in [0, 0.05) is 36.4 Å². The lowest BCUT2D eigenvalue weighted by Gasteiger charge is -2.26. The van der Waals surface area contributed by atoms with Crippen LogP contribution in [0.4, 0.5) is 23.1 Å². The van der Waals surface area contributed by atoms with Crippen molar-refractivity contribution >= 4 is 44.1 Å². The number of aryl methyl sites for hydroxylation is 3. The third-order valence-electron chi connectivity index (χ3n) is 6.73. The second kappa shape index (κ2) is 9.07. The van der Waals surface area contributed by atoms with E-state index in [9.17, 15) is 8.42 Å². The lowest BCUT2D eigenvalue weighted by Crippen LogP contribution is -2.19. The summed E-state index contributed by atoms with van der Waals surface area (Å²) in [5.74, 6) is 1.61. The standard InChI is InChI=1S/C25H29N7O3S/c1-15-18-11-9-16(13-21(18)30-32(15)3)31(2)24-19-7-5-6-8-20(19)27-25(29-24)28-22-14-17(36(26,33)34)10-12-23(22)35-4/h9-14H,5-8H2,1-4H3,(H2,26,33,34)(H,27,28,29). The molecule has 10 nitrogen and oxygen atoms in total. The van der Waals surface area contributed by atoms with E-state index in [-0.39, 0.29) is 4.90 Å². The van der Waals surface area contributed by atoms with Gasteiger partial charge in [-0.15, -0.1) is 0 Å². The number of rotatable bonds is 6. The summed E-state index contributed by atoms with van der Waals surface area (Å²) in [5.41, 5.74) is 5.52. The molecule has 1 aliphatic rings. The van der Waals surface area contributed by atoms with Crippen LogP contribution in [0.2, 0.25) is 0 Å². The molecule has 0 fully saturated rings. The third kappa shape index (κ3) is 4.35. The van der Waals surface area contributed by atoms with Crippen molar-refractivity contribution in [2.45, 2.75) is 37.5 Å². The van der Waals surface area contributed by atoms with Gasteiger partial charge < -0.3 is 15.0 Å². The summed E-state index contributed by atoms with van der Waals surface area (Å²) in [4.78, 5) is 11.7. The number of sulfonamides is 1. The van der Waals surface area contributed by atoms with Crippen LogP contribution >= 0.6 is 0 Å². The highest BCUT2D eigenvalue weighted by Gasteiger charge is 2.22. The average Bonchev–Trinajstić information content (AvgIpc) is 3.15. The average molecular weight is 508 g/mol. The molecule has 1 aliphatic carbocycles. The van der Waals surface area contributed by atoms with E-state index >= 15 is 0 Å². The van der Waals surface area contributed by atoms with Crippen molar-refractivity contribution in [3.05, 3.63) is 53.3 Å². The number of ether oxygens (including phenoxy) is 1. The number of nitrogens with two attached hydrogens (primary N) is 1. The number of anilines is 4. The molecule has 0 unspecified atom stereocenters. The van der Waals surface area contributed by atoms with E-state index in [0.717, 1.165) is 65.0 Å². The molecule has 0 saturated heterocycles. The quantitative estimate of drug-likeness (QED) is 0.404. The Morgan fingerprint density at radius 1 is 1.11 bits per heavy atom. The highest BCUT2D eigenvalue weighted by atomic mass is 32.2. The van der Waals surface area contributed by atoms with Gasteiger partial charge in [0.05, 0.1) is 28.9 Å². The largest absolute Gasteiger partial charge is 0.495 e. The number of aromatic nitrogens is 4. The minimum Gasteiger partial charge on any atom is -0.495 e. The molecule has 0 saturated carbocycles. The van der Waals surface area contributed by atoms with Gasteiger partial charge in [-0.3, -0.25) is 4.68 Å². The smallest absolute Gasteiger partial charge is 0.238 e. The number of fused-ring (bicyclic) bond motifs is 2. The SMILES string of the molecule is COc1ccc(S(N)(=O)=O)cc1Nc1nc2c(c(N(C)c3ccc4c(C)n(C)nc4c3)n1)CCCC2. The van der Waals surface area contributed by atoms with Crippen molar-refractivity contribution in [2.24, 2.45) is 12.2 Å². The Labute approximate surface area is 210 Å². The summed E-state index contributed by atoms with van der Waals surface area (Å²) in [7, 11) is 1.55. The first kappa shape index (κ1) is 24.0. The van der Waals surface area contributed by atoms with E-state index in [0.29, 0.717) is 17.4 Å². The molecule has 3 N–H and O–H groups in total. The van der Waals surface area contributed by atoms with Crippen LogP contribution in [-0.2, 0) is 29.9 Å². The van der Waals surface area contributed by atoms with Crippen molar-refractivity contribution in [2.75, 3.05) is 24.4 Å². The number of benzene rings is 2. The Bertz CT molecular complexity index is 1580. The normalized spacial score (nSPS) is 13.5. The number of nitrogens with zero attached hydrogens (tertiary/aromatic N) is 5. The fourth-order valence-electron chi connectivity index (χ4n) is 4.64. The van der Waals surface area contributed by atoms with Crippen molar-refractivity contribution in [1.82, 2.24) is 19.7 Å². The molecule has 0 bridgehead atoms. The van der Waals surface area contributed by atoms with E-state index in [1.54, 1.807) is 6.07 Å². The molecule has 2 aromatic heterocycles. The monoisotopic (exact) mass is 507 g/mol. The van der Waals surface area contributed by atoms with Crippen molar-refractivity contribution in [3.8, 4) is 5.75 Å². The number of hydrogen-bond donors (Lipinski definition) is 2. The molecule has 36 heavy (non-hydrogen) atoms. The Balaban J connectivity index is 1.58. The molecule has 0 radical (unpaired) electrons. The molecule has 2 aromatic carbocycles. The highest BCUT2D eigenvalue weighted by Crippen LogP contribution is 2.35. The first-order valence-corrected chi connectivity index (χ1v) is 13.2. The number of hydrogen-bond acceptors (Lipinski definition) is 8. The lowest BCUT2D eigenvalue weighted by atomic mass is 9.96. The van der Waals surface area contributed by atoms with E-state index in [4.69, 9.17) is 19.8 Å². The Kier molecular flexibility index (Phi) is 6.05. The Hall–Kier alpha value is -3.70. The molecule has 0 spiro atoms. The molecule has 11 heteroatoms. The van der Waals surface area contributed by atoms with Crippen molar-refractivity contribution in [1.29, 1.82) is 0 Å². The van der Waals surface area contributed by atoms with Gasteiger partial charge >= 0.3 is 0 Å². The van der Waals surface area contributed by atoms with Gasteiger partial charge in [-0.2, -0.15) is 10.1 Å². The summed E-state index contributed by atoms with van der Waals surface area (Å²) >= 11 is 0. The minimum absolute atomic E-state index is 0.0277. The van der Waals surface area contributed by atoms with Gasteiger partial charge in [-0.05, 0) is 69.0 Å². The second-order valence-corrected chi connectivity index (χ2v) is 10.6. The predicted molar refractivity (Wildman–Crippen MR) is 140 cm³/mol. The molecular formula is C25H29N7O3S. The first-order valence-electron chi connectivity index (χ1n) is 11.7. The van der Waals surface area contributed by atoms with Gasteiger partial charge in [0.1, 0.15) is 11.6 Å². The summed E-state index contributed by atoms with van der Waals surface area (Å²) in [6.45, 7) is 2.05. The molecule has 4 aromatic rings. The van der Waals surface area contributed by atoms with Crippen molar-refractivity contribution in [3.63, 3.8) is 0 Å². The third-order valence-corrected chi connectivity index (χ3v) is 7.64. The fraction of sp³-hybridized carbons (Fsp3) is 0.320. The van der Waals surface area contributed by atoms with Crippen LogP contribution in [0.25, 0.3) is 10.9 Å². The van der Waals surface area contributed by atoms with Crippen LogP contribution < -0.4 is 20.1 Å². The van der Waals surface area contributed by atoms with Crippen LogP contribution in [-0.4, -0.2) is 42.3 Å². The van der Waals surface area contributed by atoms with E-state index < -0.39 is 10.0 Å². The highest BCUT2D eigenvalue weighted by molar-refractivity contribution is 7.89. The summed E-state index contributed by atoms with van der Waals surface area (Å²) in [6.07, 6.45) is 3.87. The minimum atomic E-state index is -3.89. The predicted octanol–water partition coefficient (Wildman–Crippen LogP) is 3.72. The lowest BCUT2D eigenvalue weighted by molar-refractivity contribution is 0.416. The summed E-state index contributed by atoms with van der Waals surface area (Å²) in [5, 5.41) is 14.2. The zero-order valence-electron chi connectivity index (χ0n) is 20.7. The van der Waals surface area contributed by atoms with Crippen LogP contribution in [0, 0.1) is 6.92 Å². The number of methoxy groups -OCH3 is 1. The molecular weight excluding hydrogens is 478 g/mol. The maximum atomic E-state index is 11.9. The van der Waals surface area contributed by atoms with Gasteiger partial charge in [0.25, 0.3) is 0 Å². The topological polar surface area (TPSA) is 128 Å². The van der Waals surface area contributed by atoms with Gasteiger partial charge in [-0.1, -0.05) is 0 Å². The second-order valence-electron chi connectivity index (χ2n) is 9.00. The van der Waals surface area contributed by atoms with Crippen LogP contribution in [0.5, 0.6) is 5.75 Å². The molecule has 5 rings (SSSR count). The molecule has 188 valence electrons. The van der Waals surface area contributed by atoms with E-state index in [2.05, 4.69) is 40.4 Å². The maximum Gasteiger partial charge on any atom is 0.238 e. The van der Waals surface area contributed by atoms with E-state index in [1.807, 2.05) is 18.8 Å². The van der Waals surface area contributed by atoms with E-state index in [1.165, 1.54) is 19.2 Å². The maximum absolute atomic E-state index is 11.9. The van der Waals surface area contributed by atoms with Crippen molar-refractivity contribution < 1.29 is 13.2 Å². The zero-order valence-corrected chi connectivity index (χ0v) is 21.6. The van der Waals surface area contributed by atoms with Crippen LogP contribution in [0.15, 0.2) is 41.3 Å². The Morgan fingerprint density at radius 2 is 1.89 bits per heavy atom. The molecule has 2 heterocycles. The molecule has 0 amide bonds.